The van der Waals surface area contributed by atoms with Crippen molar-refractivity contribution in [2.24, 2.45) is 0 Å². The molecule has 0 aliphatic carbocycles. The van der Waals surface area contributed by atoms with E-state index in [0.29, 0.717) is 49.5 Å². The number of rotatable bonds is 8. The molecule has 0 saturated carbocycles. The summed E-state index contributed by atoms with van der Waals surface area (Å²) in [6.07, 6.45) is 6.01. The normalized spacial score (nSPS) is 20.5. The van der Waals surface area contributed by atoms with Gasteiger partial charge in [-0.25, -0.2) is 0 Å². The SMILES string of the molecule is C=CCN1C(=O)C(CCSC)NC12CCN(C(=O)c1cc(OC)cc(OC)c1)CC2. The maximum atomic E-state index is 13.1. The lowest BCUT2D eigenvalue weighted by Gasteiger charge is -2.44. The van der Waals surface area contributed by atoms with Gasteiger partial charge in [-0.3, -0.25) is 14.9 Å². The Kier molecular flexibility index (Phi) is 7.31. The maximum Gasteiger partial charge on any atom is 0.254 e. The van der Waals surface area contributed by atoms with Crippen LogP contribution in [0, 0.1) is 0 Å². The number of nitrogens with one attached hydrogen (secondary N) is 1. The first kappa shape index (κ1) is 22.5. The molecule has 1 atom stereocenters. The maximum absolute atomic E-state index is 13.1. The molecule has 3 rings (SSSR count). The number of piperidine rings is 1. The lowest BCUT2D eigenvalue weighted by Crippen LogP contribution is -2.59. The Bertz CT molecular complexity index is 770. The third-order valence-corrected chi connectivity index (χ3v) is 6.57. The van der Waals surface area contributed by atoms with Crippen molar-refractivity contribution in [3.8, 4) is 11.5 Å². The van der Waals surface area contributed by atoms with Gasteiger partial charge in [0.1, 0.15) is 11.5 Å². The molecule has 7 nitrogen and oxygen atoms in total. The Hall–Kier alpha value is -2.19. The predicted molar refractivity (Wildman–Crippen MR) is 119 cm³/mol. The second kappa shape index (κ2) is 9.75. The van der Waals surface area contributed by atoms with Gasteiger partial charge in [-0.1, -0.05) is 6.08 Å². The smallest absolute Gasteiger partial charge is 0.254 e. The van der Waals surface area contributed by atoms with Crippen LogP contribution in [0.5, 0.6) is 11.5 Å². The van der Waals surface area contributed by atoms with Crippen LogP contribution in [-0.2, 0) is 4.79 Å². The number of thioether (sulfide) groups is 1. The highest BCUT2D eigenvalue weighted by Gasteiger charge is 2.51. The number of carbonyl (C=O) groups excluding carboxylic acids is 2. The Labute approximate surface area is 182 Å². The molecule has 30 heavy (non-hydrogen) atoms. The van der Waals surface area contributed by atoms with E-state index in [1.54, 1.807) is 50.3 Å². The highest BCUT2D eigenvalue weighted by atomic mass is 32.2. The van der Waals surface area contributed by atoms with Gasteiger partial charge in [-0.2, -0.15) is 11.8 Å². The summed E-state index contributed by atoms with van der Waals surface area (Å²) < 4.78 is 10.6. The second-order valence-corrected chi connectivity index (χ2v) is 8.63. The monoisotopic (exact) mass is 433 g/mol. The van der Waals surface area contributed by atoms with Crippen LogP contribution in [0.2, 0.25) is 0 Å². The van der Waals surface area contributed by atoms with E-state index < -0.39 is 5.66 Å². The number of carbonyl (C=O) groups is 2. The fourth-order valence-electron chi connectivity index (χ4n) is 4.30. The molecule has 2 amide bonds. The van der Waals surface area contributed by atoms with Gasteiger partial charge in [0, 0.05) is 44.1 Å². The molecule has 1 unspecified atom stereocenters. The van der Waals surface area contributed by atoms with Gasteiger partial charge in [-0.15, -0.1) is 6.58 Å². The van der Waals surface area contributed by atoms with Gasteiger partial charge >= 0.3 is 0 Å². The zero-order valence-corrected chi connectivity index (χ0v) is 18.8. The highest BCUT2D eigenvalue weighted by molar-refractivity contribution is 7.98. The molecule has 2 heterocycles. The molecule has 1 aromatic rings. The molecule has 0 aromatic heterocycles. The first-order valence-corrected chi connectivity index (χ1v) is 11.6. The average Bonchev–Trinajstić information content (AvgIpc) is 3.03. The Morgan fingerprint density at radius 3 is 2.43 bits per heavy atom. The van der Waals surface area contributed by atoms with Crippen molar-refractivity contribution in [2.45, 2.75) is 31.0 Å². The van der Waals surface area contributed by atoms with Crippen LogP contribution < -0.4 is 14.8 Å². The fraction of sp³-hybridized carbons (Fsp3) is 0.545. The Morgan fingerprint density at radius 1 is 1.27 bits per heavy atom. The van der Waals surface area contributed by atoms with E-state index in [2.05, 4.69) is 11.9 Å². The molecule has 2 aliphatic heterocycles. The zero-order chi connectivity index (χ0) is 21.7. The second-order valence-electron chi connectivity index (χ2n) is 7.64. The summed E-state index contributed by atoms with van der Waals surface area (Å²) in [5.74, 6) is 2.19. The van der Waals surface area contributed by atoms with Gasteiger partial charge in [0.25, 0.3) is 5.91 Å². The number of hydrogen-bond acceptors (Lipinski definition) is 6. The first-order valence-electron chi connectivity index (χ1n) is 10.2. The molecule has 164 valence electrons. The van der Waals surface area contributed by atoms with Gasteiger partial charge in [0.05, 0.1) is 25.9 Å². The van der Waals surface area contributed by atoms with Gasteiger partial charge < -0.3 is 19.3 Å². The fourth-order valence-corrected chi connectivity index (χ4v) is 4.77. The van der Waals surface area contributed by atoms with Crippen molar-refractivity contribution in [3.63, 3.8) is 0 Å². The number of methoxy groups -OCH3 is 2. The van der Waals surface area contributed by atoms with Crippen molar-refractivity contribution in [3.05, 3.63) is 36.4 Å². The molecule has 2 aliphatic rings. The molecular weight excluding hydrogens is 402 g/mol. The number of likely N-dealkylation sites (tertiary alicyclic amines) is 1. The number of ether oxygens (including phenoxy) is 2. The van der Waals surface area contributed by atoms with Crippen molar-refractivity contribution >= 4 is 23.6 Å². The molecule has 1 spiro atoms. The number of hydrogen-bond donors (Lipinski definition) is 1. The highest BCUT2D eigenvalue weighted by Crippen LogP contribution is 2.34. The average molecular weight is 434 g/mol. The van der Waals surface area contributed by atoms with Crippen LogP contribution in [0.25, 0.3) is 0 Å². The van der Waals surface area contributed by atoms with Crippen LogP contribution in [0.4, 0.5) is 0 Å². The third kappa shape index (κ3) is 4.44. The molecular formula is C22H31N3O4S. The molecule has 2 saturated heterocycles. The van der Waals surface area contributed by atoms with E-state index in [1.807, 2.05) is 16.1 Å². The Balaban J connectivity index is 1.73. The summed E-state index contributed by atoms with van der Waals surface area (Å²) in [4.78, 5) is 29.8. The lowest BCUT2D eigenvalue weighted by atomic mass is 9.95. The van der Waals surface area contributed by atoms with E-state index in [9.17, 15) is 9.59 Å². The summed E-state index contributed by atoms with van der Waals surface area (Å²) in [5, 5.41) is 3.60. The summed E-state index contributed by atoms with van der Waals surface area (Å²) in [7, 11) is 3.14. The number of nitrogens with zero attached hydrogens (tertiary/aromatic N) is 2. The van der Waals surface area contributed by atoms with Crippen molar-refractivity contribution < 1.29 is 19.1 Å². The molecule has 2 fully saturated rings. The van der Waals surface area contributed by atoms with Crippen molar-refractivity contribution in [2.75, 3.05) is 45.9 Å². The van der Waals surface area contributed by atoms with Gasteiger partial charge in [0.15, 0.2) is 0 Å². The third-order valence-electron chi connectivity index (χ3n) is 5.92. The Morgan fingerprint density at radius 2 is 1.90 bits per heavy atom. The van der Waals surface area contributed by atoms with E-state index in [1.165, 1.54) is 0 Å². The standard InChI is InChI=1S/C22H31N3O4S/c1-5-9-25-21(27)19(6-12-30-4)23-22(25)7-10-24(11-8-22)20(26)16-13-17(28-2)15-18(14-16)29-3/h5,13-15,19,23H,1,6-12H2,2-4H3. The quantitative estimate of drug-likeness (QED) is 0.635. The van der Waals surface area contributed by atoms with Crippen molar-refractivity contribution in [1.82, 2.24) is 15.1 Å². The molecule has 0 radical (unpaired) electrons. The van der Waals surface area contributed by atoms with Crippen LogP contribution in [0.1, 0.15) is 29.6 Å². The van der Waals surface area contributed by atoms with E-state index in [0.717, 1.165) is 12.2 Å². The van der Waals surface area contributed by atoms with Crippen LogP contribution in [-0.4, -0.2) is 79.2 Å². The molecule has 8 heteroatoms. The van der Waals surface area contributed by atoms with E-state index >= 15 is 0 Å². The molecule has 1 aromatic carbocycles. The van der Waals surface area contributed by atoms with Crippen molar-refractivity contribution in [1.29, 1.82) is 0 Å². The number of amides is 2. The summed E-state index contributed by atoms with van der Waals surface area (Å²) in [6.45, 7) is 5.48. The van der Waals surface area contributed by atoms with Gasteiger partial charge in [0.2, 0.25) is 5.91 Å². The van der Waals surface area contributed by atoms with E-state index in [4.69, 9.17) is 9.47 Å². The topological polar surface area (TPSA) is 71.1 Å². The largest absolute Gasteiger partial charge is 0.497 e. The number of benzene rings is 1. The summed E-state index contributed by atoms with van der Waals surface area (Å²) >= 11 is 1.74. The summed E-state index contributed by atoms with van der Waals surface area (Å²) in [5.41, 5.74) is 0.135. The minimum Gasteiger partial charge on any atom is -0.497 e. The van der Waals surface area contributed by atoms with E-state index in [-0.39, 0.29) is 17.9 Å². The first-order chi connectivity index (χ1) is 14.5. The summed E-state index contributed by atoms with van der Waals surface area (Å²) in [6, 6.07) is 5.05. The molecule has 0 bridgehead atoms. The van der Waals surface area contributed by atoms with Crippen LogP contribution >= 0.6 is 11.8 Å². The van der Waals surface area contributed by atoms with Gasteiger partial charge in [-0.05, 0) is 30.6 Å². The molecule has 1 N–H and O–H groups in total. The minimum absolute atomic E-state index is 0.0550. The van der Waals surface area contributed by atoms with Crippen LogP contribution in [0.3, 0.4) is 0 Å². The lowest BCUT2D eigenvalue weighted by molar-refractivity contribution is -0.132. The zero-order valence-electron chi connectivity index (χ0n) is 18.0. The predicted octanol–water partition coefficient (Wildman–Crippen LogP) is 2.38. The minimum atomic E-state index is -0.406. The van der Waals surface area contributed by atoms with Crippen LogP contribution in [0.15, 0.2) is 30.9 Å².